The third-order valence-corrected chi connectivity index (χ3v) is 2.98. The molecule has 4 nitrogen and oxygen atoms in total. The molecule has 0 radical (unpaired) electrons. The van der Waals surface area contributed by atoms with Crippen molar-refractivity contribution < 1.29 is 14.3 Å². The molecule has 1 aromatic heterocycles. The van der Waals surface area contributed by atoms with Gasteiger partial charge in [-0.2, -0.15) is 0 Å². The van der Waals surface area contributed by atoms with Crippen molar-refractivity contribution in [3.05, 3.63) is 41.8 Å². The first-order valence-corrected chi connectivity index (χ1v) is 6.62. The van der Waals surface area contributed by atoms with E-state index in [4.69, 9.17) is 5.11 Å². The summed E-state index contributed by atoms with van der Waals surface area (Å²) in [5.41, 5.74) is 1.36. The highest BCUT2D eigenvalue weighted by atomic mass is 19.1. The number of hydrogen-bond acceptors (Lipinski definition) is 3. The van der Waals surface area contributed by atoms with Crippen LogP contribution in [0, 0.1) is 5.82 Å². The third-order valence-electron chi connectivity index (χ3n) is 2.98. The molecule has 0 fully saturated rings. The number of carbonyl (C=O) groups excluding carboxylic acids is 1. The van der Waals surface area contributed by atoms with Crippen LogP contribution in [0.2, 0.25) is 0 Å². The maximum Gasteiger partial charge on any atom is 0.220 e. The van der Waals surface area contributed by atoms with Crippen LogP contribution in [0.15, 0.2) is 30.3 Å². The number of aromatic nitrogens is 1. The van der Waals surface area contributed by atoms with Crippen molar-refractivity contribution in [2.75, 3.05) is 13.2 Å². The molecule has 0 aliphatic rings. The van der Waals surface area contributed by atoms with E-state index in [1.54, 1.807) is 6.07 Å². The molecule has 0 aliphatic carbocycles. The molecule has 1 heterocycles. The standard InChI is InChI=1S/C15H17FN2O2/c16-12-4-2-11-3-5-13(18-14(11)10-12)6-7-15(20)17-8-1-9-19/h2-5,10,19H,1,6-9H2,(H,17,20). The molecule has 2 rings (SSSR count). The van der Waals surface area contributed by atoms with Gasteiger partial charge in [0.1, 0.15) is 5.82 Å². The van der Waals surface area contributed by atoms with Gasteiger partial charge in [0.2, 0.25) is 5.91 Å². The quantitative estimate of drug-likeness (QED) is 0.791. The van der Waals surface area contributed by atoms with Gasteiger partial charge in [-0.3, -0.25) is 9.78 Å². The Bertz CT molecular complexity index is 601. The minimum absolute atomic E-state index is 0.0675. The van der Waals surface area contributed by atoms with Crippen LogP contribution in [0.25, 0.3) is 10.9 Å². The number of fused-ring (bicyclic) bond motifs is 1. The van der Waals surface area contributed by atoms with Gasteiger partial charge >= 0.3 is 0 Å². The summed E-state index contributed by atoms with van der Waals surface area (Å²) in [6.07, 6.45) is 1.40. The number of aliphatic hydroxyl groups is 1. The zero-order chi connectivity index (χ0) is 14.4. The fourth-order valence-corrected chi connectivity index (χ4v) is 1.91. The second-order valence-electron chi connectivity index (χ2n) is 4.57. The molecule has 0 aliphatic heterocycles. The molecule has 0 saturated heterocycles. The van der Waals surface area contributed by atoms with E-state index >= 15 is 0 Å². The van der Waals surface area contributed by atoms with E-state index in [-0.39, 0.29) is 18.3 Å². The van der Waals surface area contributed by atoms with Gasteiger partial charge in [-0.1, -0.05) is 6.07 Å². The molecule has 1 amide bonds. The summed E-state index contributed by atoms with van der Waals surface area (Å²) in [4.78, 5) is 15.9. The Morgan fingerprint density at radius 3 is 2.90 bits per heavy atom. The van der Waals surface area contributed by atoms with Crippen LogP contribution in [0.1, 0.15) is 18.5 Å². The smallest absolute Gasteiger partial charge is 0.220 e. The van der Waals surface area contributed by atoms with Gasteiger partial charge in [-0.25, -0.2) is 4.39 Å². The molecule has 0 saturated carbocycles. The summed E-state index contributed by atoms with van der Waals surface area (Å²) in [6, 6.07) is 8.20. The van der Waals surface area contributed by atoms with Gasteiger partial charge in [0, 0.05) is 36.7 Å². The van der Waals surface area contributed by atoms with Crippen molar-refractivity contribution in [3.63, 3.8) is 0 Å². The molecule has 0 bridgehead atoms. The lowest BCUT2D eigenvalue weighted by atomic mass is 10.1. The number of aliphatic hydroxyl groups excluding tert-OH is 1. The first-order valence-electron chi connectivity index (χ1n) is 6.62. The average Bonchev–Trinajstić information content (AvgIpc) is 2.45. The van der Waals surface area contributed by atoms with E-state index in [0.29, 0.717) is 31.3 Å². The minimum Gasteiger partial charge on any atom is -0.396 e. The fraction of sp³-hybridized carbons (Fsp3) is 0.333. The number of nitrogens with zero attached hydrogens (tertiary/aromatic N) is 1. The zero-order valence-corrected chi connectivity index (χ0v) is 11.1. The lowest BCUT2D eigenvalue weighted by molar-refractivity contribution is -0.121. The van der Waals surface area contributed by atoms with Gasteiger partial charge < -0.3 is 10.4 Å². The van der Waals surface area contributed by atoms with Crippen molar-refractivity contribution in [2.45, 2.75) is 19.3 Å². The number of carbonyl (C=O) groups is 1. The second-order valence-corrected chi connectivity index (χ2v) is 4.57. The van der Waals surface area contributed by atoms with Crippen LogP contribution in [0.5, 0.6) is 0 Å². The Balaban J connectivity index is 1.94. The maximum atomic E-state index is 13.1. The first kappa shape index (κ1) is 14.4. The van der Waals surface area contributed by atoms with Crippen LogP contribution in [-0.2, 0) is 11.2 Å². The molecule has 0 atom stereocenters. The number of nitrogens with one attached hydrogen (secondary N) is 1. The summed E-state index contributed by atoms with van der Waals surface area (Å²) in [7, 11) is 0. The van der Waals surface area contributed by atoms with Crippen LogP contribution in [0.3, 0.4) is 0 Å². The lowest BCUT2D eigenvalue weighted by Gasteiger charge is -2.05. The Morgan fingerprint density at radius 2 is 2.10 bits per heavy atom. The Hall–Kier alpha value is -2.01. The summed E-state index contributed by atoms with van der Waals surface area (Å²) in [5.74, 6) is -0.386. The van der Waals surface area contributed by atoms with Crippen LogP contribution in [-0.4, -0.2) is 29.1 Å². The number of amides is 1. The number of halogens is 1. The Labute approximate surface area is 116 Å². The van der Waals surface area contributed by atoms with Gasteiger partial charge in [-0.15, -0.1) is 0 Å². The molecule has 0 spiro atoms. The van der Waals surface area contributed by atoms with E-state index in [9.17, 15) is 9.18 Å². The highest BCUT2D eigenvalue weighted by molar-refractivity contribution is 5.79. The minimum atomic E-state index is -0.316. The van der Waals surface area contributed by atoms with E-state index in [0.717, 1.165) is 11.1 Å². The largest absolute Gasteiger partial charge is 0.396 e. The number of benzene rings is 1. The number of hydrogen-bond donors (Lipinski definition) is 2. The maximum absolute atomic E-state index is 13.1. The van der Waals surface area contributed by atoms with Crippen molar-refractivity contribution in [1.29, 1.82) is 0 Å². The molecule has 1 aromatic carbocycles. The van der Waals surface area contributed by atoms with Gasteiger partial charge in [0.15, 0.2) is 0 Å². The number of aryl methyl sites for hydroxylation is 1. The average molecular weight is 276 g/mol. The molecular weight excluding hydrogens is 259 g/mol. The van der Waals surface area contributed by atoms with Crippen molar-refractivity contribution >= 4 is 16.8 Å². The predicted octanol–water partition coefficient (Wildman–Crippen LogP) is 1.81. The highest BCUT2D eigenvalue weighted by Crippen LogP contribution is 2.14. The zero-order valence-electron chi connectivity index (χ0n) is 11.1. The van der Waals surface area contributed by atoms with Crippen molar-refractivity contribution in [1.82, 2.24) is 10.3 Å². The monoisotopic (exact) mass is 276 g/mol. The summed E-state index contributed by atoms with van der Waals surface area (Å²) in [5, 5.41) is 12.2. The Kier molecular flexibility index (Phi) is 5.01. The van der Waals surface area contributed by atoms with E-state index in [1.807, 2.05) is 12.1 Å². The van der Waals surface area contributed by atoms with Crippen LogP contribution >= 0.6 is 0 Å². The van der Waals surface area contributed by atoms with Crippen LogP contribution in [0.4, 0.5) is 4.39 Å². The van der Waals surface area contributed by atoms with Gasteiger partial charge in [0.05, 0.1) is 5.52 Å². The molecule has 2 N–H and O–H groups in total. The third kappa shape index (κ3) is 3.99. The molecule has 20 heavy (non-hydrogen) atoms. The fourth-order valence-electron chi connectivity index (χ4n) is 1.91. The van der Waals surface area contributed by atoms with E-state index in [2.05, 4.69) is 10.3 Å². The van der Waals surface area contributed by atoms with Gasteiger partial charge in [-0.05, 0) is 31.0 Å². The molecule has 0 unspecified atom stereocenters. The first-order chi connectivity index (χ1) is 9.69. The number of rotatable bonds is 6. The van der Waals surface area contributed by atoms with E-state index in [1.165, 1.54) is 12.1 Å². The Morgan fingerprint density at radius 1 is 1.30 bits per heavy atom. The normalized spacial score (nSPS) is 10.7. The SMILES string of the molecule is O=C(CCc1ccc2ccc(F)cc2n1)NCCCO. The molecular formula is C15H17FN2O2. The van der Waals surface area contributed by atoms with E-state index < -0.39 is 0 Å². The molecule has 2 aromatic rings. The lowest BCUT2D eigenvalue weighted by Crippen LogP contribution is -2.25. The highest BCUT2D eigenvalue weighted by Gasteiger charge is 2.04. The second kappa shape index (κ2) is 6.96. The molecule has 5 heteroatoms. The predicted molar refractivity (Wildman–Crippen MR) is 74.7 cm³/mol. The van der Waals surface area contributed by atoms with Crippen molar-refractivity contribution in [3.8, 4) is 0 Å². The van der Waals surface area contributed by atoms with Crippen molar-refractivity contribution in [2.24, 2.45) is 0 Å². The summed E-state index contributed by atoms with van der Waals surface area (Å²) in [6.45, 7) is 0.545. The van der Waals surface area contributed by atoms with Gasteiger partial charge in [0.25, 0.3) is 0 Å². The summed E-state index contributed by atoms with van der Waals surface area (Å²) >= 11 is 0. The van der Waals surface area contributed by atoms with Crippen LogP contribution < -0.4 is 5.32 Å². The summed E-state index contributed by atoms with van der Waals surface area (Å²) < 4.78 is 13.1. The number of pyridine rings is 1. The molecule has 106 valence electrons. The topological polar surface area (TPSA) is 62.2 Å².